The Labute approximate surface area is 126 Å². The van der Waals surface area contributed by atoms with Crippen LogP contribution in [0.15, 0.2) is 18.2 Å². The van der Waals surface area contributed by atoms with E-state index in [-0.39, 0.29) is 11.7 Å². The van der Waals surface area contributed by atoms with Gasteiger partial charge in [0.15, 0.2) is 11.6 Å². The number of ether oxygens (including phenoxy) is 1. The van der Waals surface area contributed by atoms with Gasteiger partial charge in [-0.2, -0.15) is 0 Å². The fourth-order valence-electron chi connectivity index (χ4n) is 1.88. The maximum atomic E-state index is 13.8. The number of amides is 1. The first kappa shape index (κ1) is 17.4. The second-order valence-electron chi connectivity index (χ2n) is 5.15. The highest BCUT2D eigenvalue weighted by Crippen LogP contribution is 2.23. The van der Waals surface area contributed by atoms with Crippen LogP contribution < -0.4 is 10.1 Å². The Kier molecular flexibility index (Phi) is 7.75. The number of para-hydroxylation sites is 1. The van der Waals surface area contributed by atoms with Gasteiger partial charge in [0.2, 0.25) is 5.91 Å². The molecule has 118 valence electrons. The molecule has 0 spiro atoms. The van der Waals surface area contributed by atoms with Crippen LogP contribution in [0.3, 0.4) is 0 Å². The number of benzene rings is 1. The molecular weight excluding hydrogens is 271 g/mol. The maximum absolute atomic E-state index is 13.8. The van der Waals surface area contributed by atoms with E-state index in [0.29, 0.717) is 31.7 Å². The number of carbonyl (C=O) groups is 1. The lowest BCUT2D eigenvalue weighted by molar-refractivity contribution is -0.128. The van der Waals surface area contributed by atoms with E-state index < -0.39 is 0 Å². The molecule has 1 N–H and O–H groups in total. The number of carbonyl (C=O) groups excluding carboxylic acids is 1. The molecule has 21 heavy (non-hydrogen) atoms. The molecule has 0 atom stereocenters. The van der Waals surface area contributed by atoms with Crippen LogP contribution in [0.4, 0.5) is 4.39 Å². The molecule has 0 aromatic heterocycles. The molecule has 1 aromatic rings. The van der Waals surface area contributed by atoms with E-state index in [1.54, 1.807) is 25.1 Å². The van der Waals surface area contributed by atoms with Crippen LogP contribution in [0.25, 0.3) is 0 Å². The Balaban J connectivity index is 2.51. The zero-order chi connectivity index (χ0) is 15.7. The van der Waals surface area contributed by atoms with Gasteiger partial charge in [-0.05, 0) is 25.5 Å². The van der Waals surface area contributed by atoms with Gasteiger partial charge in [-0.25, -0.2) is 4.39 Å². The normalized spacial score (nSPS) is 10.5. The first-order valence-electron chi connectivity index (χ1n) is 7.37. The van der Waals surface area contributed by atoms with Crippen molar-refractivity contribution in [2.45, 2.75) is 32.7 Å². The van der Waals surface area contributed by atoms with Crippen molar-refractivity contribution in [3.05, 3.63) is 29.6 Å². The van der Waals surface area contributed by atoms with Gasteiger partial charge in [0.1, 0.15) is 0 Å². The summed E-state index contributed by atoms with van der Waals surface area (Å²) in [6.45, 7) is 3.88. The average molecular weight is 296 g/mol. The lowest BCUT2D eigenvalue weighted by atomic mass is 10.2. The van der Waals surface area contributed by atoms with Crippen LogP contribution in [0, 0.1) is 5.82 Å². The first-order chi connectivity index (χ1) is 10.1. The summed E-state index contributed by atoms with van der Waals surface area (Å²) in [5.74, 6) is -0.0138. The molecule has 1 amide bonds. The standard InChI is InChI=1S/C16H25FN2O2/c1-4-10-18-12-13-7-5-8-14(17)16(13)21-11-6-9-15(20)19(2)3/h5,7-8,18H,4,6,9-12H2,1-3H3. The summed E-state index contributed by atoms with van der Waals surface area (Å²) in [5, 5.41) is 3.24. The van der Waals surface area contributed by atoms with Crippen molar-refractivity contribution in [2.75, 3.05) is 27.2 Å². The summed E-state index contributed by atoms with van der Waals surface area (Å²) in [4.78, 5) is 13.0. The van der Waals surface area contributed by atoms with E-state index in [0.717, 1.165) is 18.5 Å². The Bertz CT molecular complexity index is 450. The van der Waals surface area contributed by atoms with Crippen molar-refractivity contribution in [2.24, 2.45) is 0 Å². The number of hydrogen-bond donors (Lipinski definition) is 1. The predicted molar refractivity (Wildman–Crippen MR) is 81.8 cm³/mol. The SMILES string of the molecule is CCCNCc1cccc(F)c1OCCCC(=O)N(C)C. The molecule has 4 nitrogen and oxygen atoms in total. The van der Waals surface area contributed by atoms with Gasteiger partial charge < -0.3 is 15.0 Å². The molecule has 0 aliphatic rings. The van der Waals surface area contributed by atoms with Gasteiger partial charge >= 0.3 is 0 Å². The molecule has 0 aliphatic heterocycles. The Morgan fingerprint density at radius 1 is 1.38 bits per heavy atom. The minimum atomic E-state index is -0.357. The van der Waals surface area contributed by atoms with Crippen molar-refractivity contribution in [3.8, 4) is 5.75 Å². The van der Waals surface area contributed by atoms with Crippen LogP contribution in [-0.2, 0) is 11.3 Å². The molecule has 0 aliphatic carbocycles. The van der Waals surface area contributed by atoms with E-state index in [9.17, 15) is 9.18 Å². The molecule has 1 rings (SSSR count). The summed E-state index contributed by atoms with van der Waals surface area (Å²) in [6, 6.07) is 4.93. The summed E-state index contributed by atoms with van der Waals surface area (Å²) >= 11 is 0. The largest absolute Gasteiger partial charge is 0.490 e. The van der Waals surface area contributed by atoms with Crippen molar-refractivity contribution in [1.82, 2.24) is 10.2 Å². The van der Waals surface area contributed by atoms with Gasteiger partial charge in [0.25, 0.3) is 0 Å². The maximum Gasteiger partial charge on any atom is 0.222 e. The van der Waals surface area contributed by atoms with E-state index in [1.165, 1.54) is 6.07 Å². The van der Waals surface area contributed by atoms with Gasteiger partial charge in [-0.15, -0.1) is 0 Å². The van der Waals surface area contributed by atoms with Gasteiger partial charge in [-0.1, -0.05) is 19.1 Å². The number of nitrogens with one attached hydrogen (secondary N) is 1. The zero-order valence-electron chi connectivity index (χ0n) is 13.1. The zero-order valence-corrected chi connectivity index (χ0v) is 13.1. The Hall–Kier alpha value is -1.62. The van der Waals surface area contributed by atoms with E-state index in [1.807, 2.05) is 6.07 Å². The van der Waals surface area contributed by atoms with Gasteiger partial charge in [-0.3, -0.25) is 4.79 Å². The third-order valence-corrected chi connectivity index (χ3v) is 3.07. The molecule has 1 aromatic carbocycles. The number of rotatable bonds is 9. The highest BCUT2D eigenvalue weighted by Gasteiger charge is 2.10. The van der Waals surface area contributed by atoms with Crippen LogP contribution in [0.2, 0.25) is 0 Å². The van der Waals surface area contributed by atoms with E-state index >= 15 is 0 Å². The molecule has 0 saturated heterocycles. The van der Waals surface area contributed by atoms with E-state index in [4.69, 9.17) is 4.74 Å². The van der Waals surface area contributed by atoms with Crippen LogP contribution >= 0.6 is 0 Å². The fourth-order valence-corrected chi connectivity index (χ4v) is 1.88. The molecular formula is C16H25FN2O2. The topological polar surface area (TPSA) is 41.6 Å². The lowest BCUT2D eigenvalue weighted by Gasteiger charge is -2.14. The molecule has 0 bridgehead atoms. The summed E-state index contributed by atoms with van der Waals surface area (Å²) < 4.78 is 19.4. The molecule has 0 fully saturated rings. The predicted octanol–water partition coefficient (Wildman–Crippen LogP) is 2.57. The second kappa shape index (κ2) is 9.34. The van der Waals surface area contributed by atoms with Crippen molar-refractivity contribution in [3.63, 3.8) is 0 Å². The van der Waals surface area contributed by atoms with Crippen molar-refractivity contribution >= 4 is 5.91 Å². The second-order valence-corrected chi connectivity index (χ2v) is 5.15. The molecule has 0 saturated carbocycles. The molecule has 0 heterocycles. The highest BCUT2D eigenvalue weighted by atomic mass is 19.1. The number of halogens is 1. The smallest absolute Gasteiger partial charge is 0.222 e. The van der Waals surface area contributed by atoms with Crippen LogP contribution in [-0.4, -0.2) is 38.1 Å². The monoisotopic (exact) mass is 296 g/mol. The highest BCUT2D eigenvalue weighted by molar-refractivity contribution is 5.75. The number of nitrogens with zero attached hydrogens (tertiary/aromatic N) is 1. The van der Waals surface area contributed by atoms with Crippen molar-refractivity contribution < 1.29 is 13.9 Å². The van der Waals surface area contributed by atoms with Gasteiger partial charge in [0.05, 0.1) is 6.61 Å². The Morgan fingerprint density at radius 2 is 2.14 bits per heavy atom. The molecule has 0 unspecified atom stereocenters. The average Bonchev–Trinajstić information content (AvgIpc) is 2.45. The minimum Gasteiger partial charge on any atom is -0.490 e. The van der Waals surface area contributed by atoms with Crippen molar-refractivity contribution in [1.29, 1.82) is 0 Å². The fraction of sp³-hybridized carbons (Fsp3) is 0.562. The summed E-state index contributed by atoms with van der Waals surface area (Å²) in [5.41, 5.74) is 0.808. The van der Waals surface area contributed by atoms with Crippen LogP contribution in [0.5, 0.6) is 5.75 Å². The summed E-state index contributed by atoms with van der Waals surface area (Å²) in [6.07, 6.45) is 2.01. The Morgan fingerprint density at radius 3 is 2.81 bits per heavy atom. The lowest BCUT2D eigenvalue weighted by Crippen LogP contribution is -2.22. The third kappa shape index (κ3) is 6.12. The van der Waals surface area contributed by atoms with Gasteiger partial charge in [0, 0.05) is 32.6 Å². The first-order valence-corrected chi connectivity index (χ1v) is 7.37. The molecule has 5 heteroatoms. The quantitative estimate of drug-likeness (QED) is 0.712. The number of hydrogen-bond acceptors (Lipinski definition) is 3. The van der Waals surface area contributed by atoms with E-state index in [2.05, 4.69) is 12.2 Å². The summed E-state index contributed by atoms with van der Waals surface area (Å²) in [7, 11) is 3.44. The van der Waals surface area contributed by atoms with Crippen LogP contribution in [0.1, 0.15) is 31.7 Å². The molecule has 0 radical (unpaired) electrons. The third-order valence-electron chi connectivity index (χ3n) is 3.07. The minimum absolute atomic E-state index is 0.0527.